The van der Waals surface area contributed by atoms with E-state index in [9.17, 15) is 4.79 Å². The molecule has 0 aromatic heterocycles. The third-order valence-corrected chi connectivity index (χ3v) is 3.41. The van der Waals surface area contributed by atoms with E-state index in [1.54, 1.807) is 11.9 Å². The zero-order valence-electron chi connectivity index (χ0n) is 10.9. The quantitative estimate of drug-likeness (QED) is 0.882. The zero-order valence-corrected chi connectivity index (χ0v) is 10.9. The Hall–Kier alpha value is -1.55. The molecule has 18 heavy (non-hydrogen) atoms. The van der Waals surface area contributed by atoms with E-state index in [2.05, 4.69) is 0 Å². The van der Waals surface area contributed by atoms with Crippen LogP contribution in [0.25, 0.3) is 0 Å². The summed E-state index contributed by atoms with van der Waals surface area (Å²) in [7, 11) is 1.80. The topological polar surface area (TPSA) is 55.6 Å². The summed E-state index contributed by atoms with van der Waals surface area (Å²) in [6, 6.07) is 7.66. The van der Waals surface area contributed by atoms with E-state index >= 15 is 0 Å². The van der Waals surface area contributed by atoms with Gasteiger partial charge in [-0.2, -0.15) is 0 Å². The fourth-order valence-electron chi connectivity index (χ4n) is 2.17. The number of hydrogen-bond donors (Lipinski definition) is 1. The number of likely N-dealkylation sites (N-methyl/N-ethyl adjacent to an activating group) is 1. The summed E-state index contributed by atoms with van der Waals surface area (Å²) in [5.41, 5.74) is 7.03. The molecule has 2 N–H and O–H groups in total. The van der Waals surface area contributed by atoms with Crippen molar-refractivity contribution >= 4 is 5.91 Å². The maximum Gasteiger partial charge on any atom is 0.263 e. The predicted molar refractivity (Wildman–Crippen MR) is 70.3 cm³/mol. The van der Waals surface area contributed by atoms with Gasteiger partial charge < -0.3 is 15.4 Å². The van der Waals surface area contributed by atoms with Crippen molar-refractivity contribution < 1.29 is 9.53 Å². The van der Waals surface area contributed by atoms with Crippen molar-refractivity contribution in [1.82, 2.24) is 4.90 Å². The highest BCUT2D eigenvalue weighted by molar-refractivity contribution is 5.83. The lowest BCUT2D eigenvalue weighted by atomic mass is 10.0. The van der Waals surface area contributed by atoms with E-state index in [0.717, 1.165) is 30.7 Å². The van der Waals surface area contributed by atoms with Gasteiger partial charge in [0.2, 0.25) is 0 Å². The second kappa shape index (κ2) is 5.40. The van der Waals surface area contributed by atoms with Gasteiger partial charge in [-0.3, -0.25) is 4.79 Å². The molecule has 1 aliphatic rings. The lowest BCUT2D eigenvalue weighted by molar-refractivity contribution is -0.132. The predicted octanol–water partition coefficient (Wildman–Crippen LogP) is 1.71. The molecule has 1 saturated heterocycles. The van der Waals surface area contributed by atoms with Gasteiger partial charge in [-0.05, 0) is 12.5 Å². The number of likely N-dealkylation sites (tertiary alicyclic amines) is 1. The molecule has 0 aliphatic carbocycles. The minimum Gasteiger partial charge on any atom is -0.480 e. The first kappa shape index (κ1) is 12.9. The summed E-state index contributed by atoms with van der Waals surface area (Å²) in [6.45, 7) is 2.79. The van der Waals surface area contributed by atoms with E-state index < -0.39 is 0 Å². The molecule has 1 unspecified atom stereocenters. The van der Waals surface area contributed by atoms with E-state index in [-0.39, 0.29) is 18.1 Å². The monoisotopic (exact) mass is 248 g/mol. The molecule has 1 aromatic rings. The Bertz CT molecular complexity index is 434. The van der Waals surface area contributed by atoms with Gasteiger partial charge in [-0.25, -0.2) is 0 Å². The van der Waals surface area contributed by atoms with Crippen molar-refractivity contribution in [2.75, 3.05) is 13.6 Å². The minimum absolute atomic E-state index is 0.0459. The number of benzene rings is 1. The standard InChI is InChI=1S/C14H20N2O2/c1-3-11(15)10-6-4-5-7-12(10)18-13-8-9-16(2)14(13)17/h4-7,11,13H,3,8-9,15H2,1-2H3/t11-,13?/m1/s1. The van der Waals surface area contributed by atoms with Gasteiger partial charge in [0.15, 0.2) is 6.10 Å². The summed E-state index contributed by atoms with van der Waals surface area (Å²) in [5.74, 6) is 0.787. The van der Waals surface area contributed by atoms with E-state index in [1.165, 1.54) is 0 Å². The fraction of sp³-hybridized carbons (Fsp3) is 0.500. The van der Waals surface area contributed by atoms with Crippen molar-refractivity contribution in [3.63, 3.8) is 0 Å². The molecule has 2 atom stereocenters. The molecule has 1 amide bonds. The van der Waals surface area contributed by atoms with Gasteiger partial charge in [-0.15, -0.1) is 0 Å². The van der Waals surface area contributed by atoms with Crippen LogP contribution in [0.5, 0.6) is 5.75 Å². The van der Waals surface area contributed by atoms with Crippen molar-refractivity contribution in [3.8, 4) is 5.75 Å². The molecule has 4 heteroatoms. The number of carbonyl (C=O) groups is 1. The largest absolute Gasteiger partial charge is 0.480 e. The fourth-order valence-corrected chi connectivity index (χ4v) is 2.17. The molecule has 0 radical (unpaired) electrons. The number of hydrogen-bond acceptors (Lipinski definition) is 3. The van der Waals surface area contributed by atoms with Crippen molar-refractivity contribution in [1.29, 1.82) is 0 Å². The highest BCUT2D eigenvalue weighted by atomic mass is 16.5. The van der Waals surface area contributed by atoms with Gasteiger partial charge in [0, 0.05) is 31.6 Å². The second-order valence-corrected chi connectivity index (χ2v) is 4.71. The average molecular weight is 248 g/mol. The number of ether oxygens (including phenoxy) is 1. The Balaban J connectivity index is 2.16. The van der Waals surface area contributed by atoms with Crippen LogP contribution in [0.1, 0.15) is 31.4 Å². The maximum absolute atomic E-state index is 11.8. The molecular weight excluding hydrogens is 228 g/mol. The molecule has 0 saturated carbocycles. The summed E-state index contributed by atoms with van der Waals surface area (Å²) in [4.78, 5) is 13.5. The Kier molecular flexibility index (Phi) is 3.87. The molecule has 2 rings (SSSR count). The number of rotatable bonds is 4. The summed E-state index contributed by atoms with van der Waals surface area (Å²) in [6.07, 6.45) is 1.23. The third-order valence-electron chi connectivity index (χ3n) is 3.41. The van der Waals surface area contributed by atoms with Crippen LogP contribution in [0.3, 0.4) is 0 Å². The lowest BCUT2D eigenvalue weighted by Gasteiger charge is -2.18. The van der Waals surface area contributed by atoms with Gasteiger partial charge in [-0.1, -0.05) is 25.1 Å². The molecule has 98 valence electrons. The van der Waals surface area contributed by atoms with Crippen LogP contribution in [0, 0.1) is 0 Å². The highest BCUT2D eigenvalue weighted by Gasteiger charge is 2.31. The molecule has 1 heterocycles. The Morgan fingerprint density at radius 2 is 2.22 bits per heavy atom. The average Bonchev–Trinajstić information content (AvgIpc) is 2.70. The van der Waals surface area contributed by atoms with E-state index in [1.807, 2.05) is 31.2 Å². The lowest BCUT2D eigenvalue weighted by Crippen LogP contribution is -2.29. The number of carbonyl (C=O) groups excluding carboxylic acids is 1. The van der Waals surface area contributed by atoms with Crippen molar-refractivity contribution in [2.45, 2.75) is 31.9 Å². The zero-order chi connectivity index (χ0) is 13.1. The van der Waals surface area contributed by atoms with Crippen LogP contribution in [0.2, 0.25) is 0 Å². The Morgan fingerprint density at radius 3 is 2.83 bits per heavy atom. The number of nitrogens with two attached hydrogens (primary N) is 1. The van der Waals surface area contributed by atoms with Crippen molar-refractivity contribution in [3.05, 3.63) is 29.8 Å². The van der Waals surface area contributed by atoms with E-state index in [0.29, 0.717) is 0 Å². The van der Waals surface area contributed by atoms with E-state index in [4.69, 9.17) is 10.5 Å². The third kappa shape index (κ3) is 2.48. The van der Waals surface area contributed by atoms with Gasteiger partial charge >= 0.3 is 0 Å². The van der Waals surface area contributed by atoms with Crippen LogP contribution in [0.15, 0.2) is 24.3 Å². The number of para-hydroxylation sites is 1. The van der Waals surface area contributed by atoms with Crippen LogP contribution in [-0.4, -0.2) is 30.5 Å². The highest BCUT2D eigenvalue weighted by Crippen LogP contribution is 2.28. The summed E-state index contributed by atoms with van der Waals surface area (Å²) in [5, 5.41) is 0. The maximum atomic E-state index is 11.8. The Labute approximate surface area is 108 Å². The van der Waals surface area contributed by atoms with Gasteiger partial charge in [0.1, 0.15) is 5.75 Å². The van der Waals surface area contributed by atoms with Gasteiger partial charge in [0.25, 0.3) is 5.91 Å². The first-order chi connectivity index (χ1) is 8.63. The van der Waals surface area contributed by atoms with Gasteiger partial charge in [0.05, 0.1) is 0 Å². The van der Waals surface area contributed by atoms with Crippen LogP contribution >= 0.6 is 0 Å². The smallest absolute Gasteiger partial charge is 0.263 e. The van der Waals surface area contributed by atoms with Crippen molar-refractivity contribution in [2.24, 2.45) is 5.73 Å². The molecule has 0 spiro atoms. The molecule has 1 aliphatic heterocycles. The summed E-state index contributed by atoms with van der Waals surface area (Å²) < 4.78 is 5.84. The van der Waals surface area contributed by atoms with Crippen LogP contribution < -0.4 is 10.5 Å². The SMILES string of the molecule is CC[C@@H](N)c1ccccc1OC1CCN(C)C1=O. The molecule has 4 nitrogen and oxygen atoms in total. The minimum atomic E-state index is -0.361. The molecule has 1 aromatic carbocycles. The first-order valence-electron chi connectivity index (χ1n) is 6.39. The summed E-state index contributed by atoms with van der Waals surface area (Å²) >= 11 is 0. The normalized spacial score (nSPS) is 21.2. The number of nitrogens with zero attached hydrogens (tertiary/aromatic N) is 1. The first-order valence-corrected chi connectivity index (χ1v) is 6.39. The van der Waals surface area contributed by atoms with Crippen LogP contribution in [-0.2, 0) is 4.79 Å². The number of amides is 1. The van der Waals surface area contributed by atoms with Crippen LogP contribution in [0.4, 0.5) is 0 Å². The second-order valence-electron chi connectivity index (χ2n) is 4.71. The molecule has 0 bridgehead atoms. The molecule has 1 fully saturated rings. The Morgan fingerprint density at radius 1 is 1.50 bits per heavy atom. The molecular formula is C14H20N2O2.